The van der Waals surface area contributed by atoms with Crippen molar-refractivity contribution in [3.63, 3.8) is 0 Å². The Kier molecular flexibility index (Phi) is 5.15. The van der Waals surface area contributed by atoms with Gasteiger partial charge in [-0.1, -0.05) is 29.3 Å². The van der Waals surface area contributed by atoms with E-state index in [0.717, 1.165) is 17.5 Å². The summed E-state index contributed by atoms with van der Waals surface area (Å²) in [6, 6.07) is 5.73. The number of hydrogen-bond donors (Lipinski definition) is 0. The molecule has 0 radical (unpaired) electrons. The molecule has 0 aliphatic heterocycles. The van der Waals surface area contributed by atoms with Crippen LogP contribution in [0.1, 0.15) is 11.1 Å². The zero-order chi connectivity index (χ0) is 15.4. The number of benzene rings is 1. The third kappa shape index (κ3) is 3.71. The quantitative estimate of drug-likeness (QED) is 0.624. The number of ether oxygens (including phenoxy) is 2. The lowest BCUT2D eigenvalue weighted by molar-refractivity contribution is -0.605. The standard InChI is InChI=1S/C15H15Cl2NO3/c1-20-14-6-4-10(7-15(14)21-2)3-5-11-12(16)8-18(19)9-13(11)17/h4,6-9H,3,5H2,1-2H3. The van der Waals surface area contributed by atoms with Gasteiger partial charge in [-0.3, -0.25) is 0 Å². The van der Waals surface area contributed by atoms with Gasteiger partial charge in [-0.25, -0.2) is 0 Å². The van der Waals surface area contributed by atoms with Gasteiger partial charge in [-0.15, -0.1) is 0 Å². The number of methoxy groups -OCH3 is 2. The van der Waals surface area contributed by atoms with Crippen molar-refractivity contribution in [3.8, 4) is 11.5 Å². The molecular weight excluding hydrogens is 313 g/mol. The number of nitrogens with zero attached hydrogens (tertiary/aromatic N) is 1. The number of halogens is 2. The maximum absolute atomic E-state index is 11.2. The summed E-state index contributed by atoms with van der Waals surface area (Å²) in [6.07, 6.45) is 3.96. The summed E-state index contributed by atoms with van der Waals surface area (Å²) in [5.41, 5.74) is 1.83. The normalized spacial score (nSPS) is 10.5. The largest absolute Gasteiger partial charge is 0.619 e. The fourth-order valence-electron chi connectivity index (χ4n) is 2.07. The lowest BCUT2D eigenvalue weighted by atomic mass is 10.0. The number of aromatic nitrogens is 1. The molecule has 0 aliphatic carbocycles. The molecule has 1 heterocycles. The molecule has 0 amide bonds. The van der Waals surface area contributed by atoms with E-state index in [2.05, 4.69) is 0 Å². The monoisotopic (exact) mass is 327 g/mol. The summed E-state index contributed by atoms with van der Waals surface area (Å²) in [5, 5.41) is 12.0. The van der Waals surface area contributed by atoms with Crippen LogP contribution in [0.4, 0.5) is 0 Å². The van der Waals surface area contributed by atoms with Crippen molar-refractivity contribution in [1.29, 1.82) is 0 Å². The van der Waals surface area contributed by atoms with Gasteiger partial charge < -0.3 is 14.7 Å². The lowest BCUT2D eigenvalue weighted by Gasteiger charge is -2.10. The highest BCUT2D eigenvalue weighted by atomic mass is 35.5. The van der Waals surface area contributed by atoms with Crippen molar-refractivity contribution in [3.05, 3.63) is 57.0 Å². The van der Waals surface area contributed by atoms with Crippen LogP contribution < -0.4 is 14.2 Å². The molecule has 0 aliphatic rings. The van der Waals surface area contributed by atoms with Crippen LogP contribution in [0.25, 0.3) is 0 Å². The van der Waals surface area contributed by atoms with Crippen LogP contribution in [0.5, 0.6) is 11.5 Å². The molecule has 6 heteroatoms. The van der Waals surface area contributed by atoms with Gasteiger partial charge in [0.25, 0.3) is 0 Å². The summed E-state index contributed by atoms with van der Waals surface area (Å²) in [4.78, 5) is 0. The van der Waals surface area contributed by atoms with Gasteiger partial charge >= 0.3 is 0 Å². The molecule has 0 saturated carbocycles. The molecule has 112 valence electrons. The second-order valence-electron chi connectivity index (χ2n) is 4.48. The van der Waals surface area contributed by atoms with E-state index >= 15 is 0 Å². The van der Waals surface area contributed by atoms with Gasteiger partial charge in [-0.2, -0.15) is 4.73 Å². The highest BCUT2D eigenvalue weighted by Gasteiger charge is 2.12. The smallest absolute Gasteiger partial charge is 0.199 e. The molecule has 2 aromatic rings. The van der Waals surface area contributed by atoms with E-state index in [1.54, 1.807) is 14.2 Å². The predicted octanol–water partition coefficient (Wildman–Crippen LogP) is 3.43. The second kappa shape index (κ2) is 6.87. The molecule has 2 rings (SSSR count). The van der Waals surface area contributed by atoms with Gasteiger partial charge in [0.05, 0.1) is 14.2 Å². The van der Waals surface area contributed by atoms with E-state index in [9.17, 15) is 5.21 Å². The number of aryl methyl sites for hydroxylation is 1. The van der Waals surface area contributed by atoms with Crippen molar-refractivity contribution in [1.82, 2.24) is 0 Å². The Morgan fingerprint density at radius 2 is 1.62 bits per heavy atom. The van der Waals surface area contributed by atoms with Crippen LogP contribution in [-0.4, -0.2) is 14.2 Å². The highest BCUT2D eigenvalue weighted by molar-refractivity contribution is 6.35. The summed E-state index contributed by atoms with van der Waals surface area (Å²) < 4.78 is 11.1. The maximum atomic E-state index is 11.2. The van der Waals surface area contributed by atoms with Crippen LogP contribution >= 0.6 is 23.2 Å². The minimum atomic E-state index is 0.373. The van der Waals surface area contributed by atoms with E-state index in [0.29, 0.717) is 32.7 Å². The Morgan fingerprint density at radius 3 is 2.19 bits per heavy atom. The van der Waals surface area contributed by atoms with E-state index in [4.69, 9.17) is 32.7 Å². The van der Waals surface area contributed by atoms with Gasteiger partial charge in [-0.05, 0) is 30.5 Å². The molecule has 0 saturated heterocycles. The van der Waals surface area contributed by atoms with Crippen LogP contribution in [0.3, 0.4) is 0 Å². The first-order valence-corrected chi connectivity index (χ1v) is 7.08. The van der Waals surface area contributed by atoms with Crippen molar-refractivity contribution in [2.45, 2.75) is 12.8 Å². The molecule has 1 aromatic carbocycles. The van der Waals surface area contributed by atoms with E-state index in [1.165, 1.54) is 12.4 Å². The van der Waals surface area contributed by atoms with Crippen molar-refractivity contribution in [2.75, 3.05) is 14.2 Å². The van der Waals surface area contributed by atoms with E-state index < -0.39 is 0 Å². The minimum absolute atomic E-state index is 0.373. The van der Waals surface area contributed by atoms with Crippen LogP contribution in [0.15, 0.2) is 30.6 Å². The average Bonchev–Trinajstić information content (AvgIpc) is 2.45. The van der Waals surface area contributed by atoms with Crippen LogP contribution in [0, 0.1) is 5.21 Å². The topological polar surface area (TPSA) is 45.4 Å². The Labute approximate surface area is 133 Å². The average molecular weight is 328 g/mol. The number of rotatable bonds is 5. The zero-order valence-electron chi connectivity index (χ0n) is 11.7. The predicted molar refractivity (Wildman–Crippen MR) is 82.4 cm³/mol. The highest BCUT2D eigenvalue weighted by Crippen LogP contribution is 2.29. The Balaban J connectivity index is 2.17. The zero-order valence-corrected chi connectivity index (χ0v) is 13.2. The third-order valence-electron chi connectivity index (χ3n) is 3.17. The molecule has 0 atom stereocenters. The maximum Gasteiger partial charge on any atom is 0.199 e. The molecule has 0 bridgehead atoms. The van der Waals surface area contributed by atoms with Crippen LogP contribution in [-0.2, 0) is 12.8 Å². The summed E-state index contributed by atoms with van der Waals surface area (Å²) in [5.74, 6) is 1.36. The fourth-order valence-corrected chi connectivity index (χ4v) is 2.71. The van der Waals surface area contributed by atoms with Crippen molar-refractivity contribution in [2.24, 2.45) is 0 Å². The van der Waals surface area contributed by atoms with Gasteiger partial charge in [0.2, 0.25) is 0 Å². The van der Waals surface area contributed by atoms with Crippen molar-refractivity contribution < 1.29 is 14.2 Å². The first kappa shape index (κ1) is 15.7. The van der Waals surface area contributed by atoms with Gasteiger partial charge in [0, 0.05) is 5.56 Å². The molecule has 0 N–H and O–H groups in total. The van der Waals surface area contributed by atoms with E-state index in [-0.39, 0.29) is 0 Å². The van der Waals surface area contributed by atoms with Gasteiger partial charge in [0.15, 0.2) is 23.9 Å². The van der Waals surface area contributed by atoms with Crippen molar-refractivity contribution >= 4 is 23.2 Å². The minimum Gasteiger partial charge on any atom is -0.619 e. The molecule has 4 nitrogen and oxygen atoms in total. The van der Waals surface area contributed by atoms with Crippen LogP contribution in [0.2, 0.25) is 10.0 Å². The summed E-state index contributed by atoms with van der Waals surface area (Å²) in [6.45, 7) is 0. The molecule has 0 spiro atoms. The fraction of sp³-hybridized carbons (Fsp3) is 0.267. The second-order valence-corrected chi connectivity index (χ2v) is 5.30. The third-order valence-corrected chi connectivity index (χ3v) is 3.82. The Bertz CT molecular complexity index is 624. The lowest BCUT2D eigenvalue weighted by Crippen LogP contribution is -2.25. The summed E-state index contributed by atoms with van der Waals surface area (Å²) >= 11 is 12.1. The number of pyridine rings is 1. The van der Waals surface area contributed by atoms with E-state index in [1.807, 2.05) is 18.2 Å². The molecule has 0 fully saturated rings. The number of hydrogen-bond acceptors (Lipinski definition) is 3. The Hall–Kier alpha value is -1.65. The summed E-state index contributed by atoms with van der Waals surface area (Å²) in [7, 11) is 3.19. The molecular formula is C15H15Cl2NO3. The first-order valence-electron chi connectivity index (χ1n) is 6.32. The van der Waals surface area contributed by atoms with Gasteiger partial charge in [0.1, 0.15) is 10.0 Å². The SMILES string of the molecule is COc1ccc(CCc2c(Cl)c[n+]([O-])cc2Cl)cc1OC. The molecule has 1 aromatic heterocycles. The Morgan fingerprint density at radius 1 is 1.00 bits per heavy atom. The molecule has 21 heavy (non-hydrogen) atoms. The first-order chi connectivity index (χ1) is 10.0. The molecule has 0 unspecified atom stereocenters.